The van der Waals surface area contributed by atoms with Gasteiger partial charge in [-0.15, -0.1) is 11.3 Å². The summed E-state index contributed by atoms with van der Waals surface area (Å²) in [4.78, 5) is 1.38. The van der Waals surface area contributed by atoms with Crippen LogP contribution in [-0.2, 0) is 13.0 Å². The minimum atomic E-state index is 0.181. The Hall–Kier alpha value is -0.340. The maximum atomic E-state index is 8.73. The molecule has 1 aromatic heterocycles. The topological polar surface area (TPSA) is 20.2 Å². The molecule has 1 rings (SSSR count). The molecule has 0 aromatic carbocycles. The van der Waals surface area contributed by atoms with Crippen molar-refractivity contribution < 1.29 is 5.11 Å². The maximum Gasteiger partial charge on any atom is 0.0690 e. The first-order chi connectivity index (χ1) is 4.86. The summed E-state index contributed by atoms with van der Waals surface area (Å²) in [6, 6.07) is 2.08. The van der Waals surface area contributed by atoms with Gasteiger partial charge in [0.15, 0.2) is 0 Å². The van der Waals surface area contributed by atoms with Crippen LogP contribution in [0.2, 0.25) is 0 Å². The second-order valence-electron chi connectivity index (χ2n) is 2.33. The third-order valence-electron chi connectivity index (χ3n) is 1.39. The van der Waals surface area contributed by atoms with E-state index >= 15 is 0 Å². The lowest BCUT2D eigenvalue weighted by Gasteiger charge is -1.87. The molecular formula is C8H12OS. The van der Waals surface area contributed by atoms with E-state index < -0.39 is 0 Å². The SMILES string of the molecule is CCCc1cc(CO)cs1. The van der Waals surface area contributed by atoms with Crippen molar-refractivity contribution in [2.24, 2.45) is 0 Å². The first-order valence-electron chi connectivity index (χ1n) is 3.54. The van der Waals surface area contributed by atoms with E-state index in [9.17, 15) is 0 Å². The summed E-state index contributed by atoms with van der Waals surface area (Å²) in [5, 5.41) is 10.7. The Labute approximate surface area is 65.3 Å². The van der Waals surface area contributed by atoms with E-state index in [0.29, 0.717) is 0 Å². The van der Waals surface area contributed by atoms with Crippen LogP contribution in [0, 0.1) is 0 Å². The summed E-state index contributed by atoms with van der Waals surface area (Å²) >= 11 is 1.74. The molecule has 0 aliphatic carbocycles. The van der Waals surface area contributed by atoms with Crippen molar-refractivity contribution >= 4 is 11.3 Å². The highest BCUT2D eigenvalue weighted by Gasteiger charge is 1.95. The van der Waals surface area contributed by atoms with E-state index in [-0.39, 0.29) is 6.61 Å². The second-order valence-corrected chi connectivity index (χ2v) is 3.33. The average Bonchev–Trinajstić information content (AvgIpc) is 2.37. The van der Waals surface area contributed by atoms with Gasteiger partial charge in [0.2, 0.25) is 0 Å². The number of hydrogen-bond donors (Lipinski definition) is 1. The number of aryl methyl sites for hydroxylation is 1. The molecule has 0 atom stereocenters. The zero-order chi connectivity index (χ0) is 7.40. The zero-order valence-corrected chi connectivity index (χ0v) is 6.95. The minimum Gasteiger partial charge on any atom is -0.392 e. The molecule has 1 heterocycles. The normalized spacial score (nSPS) is 10.2. The third-order valence-corrected chi connectivity index (χ3v) is 2.43. The molecule has 0 amide bonds. The molecular weight excluding hydrogens is 144 g/mol. The second kappa shape index (κ2) is 3.74. The molecule has 0 aliphatic rings. The van der Waals surface area contributed by atoms with Gasteiger partial charge in [-0.25, -0.2) is 0 Å². The monoisotopic (exact) mass is 156 g/mol. The van der Waals surface area contributed by atoms with Crippen LogP contribution in [0.1, 0.15) is 23.8 Å². The van der Waals surface area contributed by atoms with Crippen molar-refractivity contribution in [1.82, 2.24) is 0 Å². The Bertz CT molecular complexity index is 193. The maximum absolute atomic E-state index is 8.73. The lowest BCUT2D eigenvalue weighted by molar-refractivity contribution is 0.282. The van der Waals surface area contributed by atoms with Gasteiger partial charge in [0, 0.05) is 4.88 Å². The highest BCUT2D eigenvalue weighted by Crippen LogP contribution is 2.15. The average molecular weight is 156 g/mol. The molecule has 0 saturated carbocycles. The van der Waals surface area contributed by atoms with Gasteiger partial charge < -0.3 is 5.11 Å². The minimum absolute atomic E-state index is 0.181. The number of aliphatic hydroxyl groups excluding tert-OH is 1. The van der Waals surface area contributed by atoms with Crippen LogP contribution in [0.3, 0.4) is 0 Å². The molecule has 0 saturated heterocycles. The summed E-state index contributed by atoms with van der Waals surface area (Å²) in [5.41, 5.74) is 1.05. The van der Waals surface area contributed by atoms with Gasteiger partial charge in [-0.3, -0.25) is 0 Å². The van der Waals surface area contributed by atoms with E-state index in [0.717, 1.165) is 12.0 Å². The highest BCUT2D eigenvalue weighted by molar-refractivity contribution is 7.10. The van der Waals surface area contributed by atoms with E-state index in [1.165, 1.54) is 11.3 Å². The number of aliphatic hydroxyl groups is 1. The van der Waals surface area contributed by atoms with Crippen LogP contribution in [0.25, 0.3) is 0 Å². The van der Waals surface area contributed by atoms with Crippen molar-refractivity contribution in [3.8, 4) is 0 Å². The van der Waals surface area contributed by atoms with Crippen molar-refractivity contribution in [2.45, 2.75) is 26.4 Å². The molecule has 10 heavy (non-hydrogen) atoms. The number of rotatable bonds is 3. The summed E-state index contributed by atoms with van der Waals surface area (Å²) in [6.07, 6.45) is 2.33. The van der Waals surface area contributed by atoms with E-state index in [1.54, 1.807) is 11.3 Å². The van der Waals surface area contributed by atoms with Crippen LogP contribution >= 0.6 is 11.3 Å². The van der Waals surface area contributed by atoms with Crippen LogP contribution in [0.5, 0.6) is 0 Å². The number of hydrogen-bond acceptors (Lipinski definition) is 2. The molecule has 0 spiro atoms. The van der Waals surface area contributed by atoms with Gasteiger partial charge in [0.1, 0.15) is 0 Å². The summed E-state index contributed by atoms with van der Waals surface area (Å²) in [5.74, 6) is 0. The van der Waals surface area contributed by atoms with Crippen molar-refractivity contribution in [2.75, 3.05) is 0 Å². The van der Waals surface area contributed by atoms with Gasteiger partial charge in [0.05, 0.1) is 6.61 Å². The summed E-state index contributed by atoms with van der Waals surface area (Å²) in [6.45, 7) is 2.35. The number of thiophene rings is 1. The Kier molecular flexibility index (Phi) is 2.90. The largest absolute Gasteiger partial charge is 0.392 e. The lowest BCUT2D eigenvalue weighted by atomic mass is 10.2. The molecule has 1 N–H and O–H groups in total. The fraction of sp³-hybridized carbons (Fsp3) is 0.500. The first-order valence-corrected chi connectivity index (χ1v) is 4.42. The predicted molar refractivity (Wildman–Crippen MR) is 44.2 cm³/mol. The Morgan fingerprint density at radius 3 is 2.90 bits per heavy atom. The van der Waals surface area contributed by atoms with E-state index in [1.807, 2.05) is 5.38 Å². The molecule has 0 unspecified atom stereocenters. The fourth-order valence-corrected chi connectivity index (χ4v) is 1.87. The van der Waals surface area contributed by atoms with Gasteiger partial charge in [-0.05, 0) is 23.4 Å². The van der Waals surface area contributed by atoms with Crippen LogP contribution in [-0.4, -0.2) is 5.11 Å². The Balaban J connectivity index is 2.59. The van der Waals surface area contributed by atoms with Crippen LogP contribution in [0.15, 0.2) is 11.4 Å². The molecule has 56 valence electrons. The summed E-state index contributed by atoms with van der Waals surface area (Å²) in [7, 11) is 0. The Morgan fingerprint density at radius 1 is 1.60 bits per heavy atom. The Morgan fingerprint density at radius 2 is 2.40 bits per heavy atom. The van der Waals surface area contributed by atoms with E-state index in [2.05, 4.69) is 13.0 Å². The van der Waals surface area contributed by atoms with Crippen molar-refractivity contribution in [1.29, 1.82) is 0 Å². The summed E-state index contributed by atoms with van der Waals surface area (Å²) < 4.78 is 0. The van der Waals surface area contributed by atoms with Crippen LogP contribution in [0.4, 0.5) is 0 Å². The molecule has 1 aromatic rings. The lowest BCUT2D eigenvalue weighted by Crippen LogP contribution is -1.77. The quantitative estimate of drug-likeness (QED) is 0.711. The first kappa shape index (κ1) is 7.76. The third kappa shape index (κ3) is 1.82. The molecule has 0 bridgehead atoms. The molecule has 0 fully saturated rings. The van der Waals surface area contributed by atoms with Crippen molar-refractivity contribution in [3.05, 3.63) is 21.9 Å². The van der Waals surface area contributed by atoms with Gasteiger partial charge >= 0.3 is 0 Å². The molecule has 2 heteroatoms. The molecule has 1 nitrogen and oxygen atoms in total. The fourth-order valence-electron chi connectivity index (χ4n) is 0.887. The zero-order valence-electron chi connectivity index (χ0n) is 6.13. The predicted octanol–water partition coefficient (Wildman–Crippen LogP) is 2.19. The van der Waals surface area contributed by atoms with Crippen LogP contribution < -0.4 is 0 Å². The molecule has 0 aliphatic heterocycles. The van der Waals surface area contributed by atoms with Gasteiger partial charge in [0.25, 0.3) is 0 Å². The molecule has 0 radical (unpaired) electrons. The van der Waals surface area contributed by atoms with E-state index in [4.69, 9.17) is 5.11 Å². The standard InChI is InChI=1S/C8H12OS/c1-2-3-8-4-7(5-9)6-10-8/h4,6,9H,2-3,5H2,1H3. The van der Waals surface area contributed by atoms with Crippen molar-refractivity contribution in [3.63, 3.8) is 0 Å². The highest BCUT2D eigenvalue weighted by atomic mass is 32.1. The van der Waals surface area contributed by atoms with Gasteiger partial charge in [-0.1, -0.05) is 13.3 Å². The smallest absolute Gasteiger partial charge is 0.0690 e. The van der Waals surface area contributed by atoms with Gasteiger partial charge in [-0.2, -0.15) is 0 Å².